The van der Waals surface area contributed by atoms with E-state index >= 15 is 0 Å². The molecule has 4 heteroatoms. The molecule has 8 heavy (non-hydrogen) atoms. The summed E-state index contributed by atoms with van der Waals surface area (Å²) in [4.78, 5) is 0. The molecule has 0 fully saturated rings. The minimum absolute atomic E-state index is 0.0694. The lowest BCUT2D eigenvalue weighted by Gasteiger charge is -2.24. The van der Waals surface area contributed by atoms with Crippen LogP contribution in [0.2, 0.25) is 0 Å². The van der Waals surface area contributed by atoms with Crippen molar-refractivity contribution in [2.45, 2.75) is 19.3 Å². The molecule has 0 radical (unpaired) electrons. The number of rotatable bonds is 2. The third kappa shape index (κ3) is 1.75. The molecule has 0 aromatic rings. The molecule has 0 heterocycles. The van der Waals surface area contributed by atoms with Crippen LogP contribution in [-0.2, 0) is 0 Å². The number of hydroxylamine groups is 2. The highest BCUT2D eigenvalue weighted by atomic mass is 16.6. The molecule has 0 aliphatic rings. The first-order chi connectivity index (χ1) is 3.50. The molecule has 0 saturated heterocycles. The molecule has 0 bridgehead atoms. The maximum Gasteiger partial charge on any atom is 0.246 e. The standard InChI is InChI=1S/C4H11NO3/c1-3-4(6,7)5(2)8/h6-8H,3H2,1-2H3. The van der Waals surface area contributed by atoms with Crippen molar-refractivity contribution >= 4 is 0 Å². The Hall–Kier alpha value is -0.160. The Bertz CT molecular complexity index is 71.7. The summed E-state index contributed by atoms with van der Waals surface area (Å²) < 4.78 is 0. The van der Waals surface area contributed by atoms with Crippen molar-refractivity contribution < 1.29 is 15.4 Å². The van der Waals surface area contributed by atoms with Gasteiger partial charge >= 0.3 is 0 Å². The van der Waals surface area contributed by atoms with Gasteiger partial charge in [-0.2, -0.15) is 0 Å². The van der Waals surface area contributed by atoms with E-state index in [1.165, 1.54) is 7.05 Å². The summed E-state index contributed by atoms with van der Waals surface area (Å²) in [7, 11) is 1.17. The lowest BCUT2D eigenvalue weighted by Crippen LogP contribution is -2.43. The fourth-order valence-corrected chi connectivity index (χ4v) is 0.229. The van der Waals surface area contributed by atoms with Gasteiger partial charge < -0.3 is 15.4 Å². The van der Waals surface area contributed by atoms with E-state index in [4.69, 9.17) is 15.4 Å². The van der Waals surface area contributed by atoms with E-state index in [2.05, 4.69) is 0 Å². The van der Waals surface area contributed by atoms with E-state index in [-0.39, 0.29) is 6.42 Å². The summed E-state index contributed by atoms with van der Waals surface area (Å²) in [6.07, 6.45) is 0.0694. The second-order valence-corrected chi connectivity index (χ2v) is 1.65. The Balaban J connectivity index is 3.71. The zero-order valence-corrected chi connectivity index (χ0v) is 5.00. The molecule has 0 rings (SSSR count). The first-order valence-electron chi connectivity index (χ1n) is 2.38. The topological polar surface area (TPSA) is 63.9 Å². The quantitative estimate of drug-likeness (QED) is 0.336. The van der Waals surface area contributed by atoms with E-state index in [1.54, 1.807) is 6.92 Å². The van der Waals surface area contributed by atoms with Gasteiger partial charge in [-0.1, -0.05) is 6.92 Å². The van der Waals surface area contributed by atoms with Crippen molar-refractivity contribution in [2.75, 3.05) is 7.05 Å². The van der Waals surface area contributed by atoms with Gasteiger partial charge in [-0.15, -0.1) is 5.06 Å². The SMILES string of the molecule is CCC(O)(O)N(C)O. The summed E-state index contributed by atoms with van der Waals surface area (Å²) in [5.74, 6) is -2.07. The van der Waals surface area contributed by atoms with E-state index in [1.807, 2.05) is 0 Å². The summed E-state index contributed by atoms with van der Waals surface area (Å²) >= 11 is 0. The van der Waals surface area contributed by atoms with Crippen molar-refractivity contribution in [2.24, 2.45) is 0 Å². The second-order valence-electron chi connectivity index (χ2n) is 1.65. The average molecular weight is 121 g/mol. The minimum Gasteiger partial charge on any atom is -0.352 e. The predicted octanol–water partition coefficient (Wildman–Crippen LogP) is -0.644. The Morgan fingerprint density at radius 3 is 1.88 bits per heavy atom. The van der Waals surface area contributed by atoms with Crippen LogP contribution in [0.4, 0.5) is 0 Å². The van der Waals surface area contributed by atoms with Crippen molar-refractivity contribution in [1.29, 1.82) is 0 Å². The maximum atomic E-state index is 8.63. The van der Waals surface area contributed by atoms with Crippen molar-refractivity contribution in [3.63, 3.8) is 0 Å². The number of hydrogen-bond acceptors (Lipinski definition) is 4. The Kier molecular flexibility index (Phi) is 2.36. The third-order valence-electron chi connectivity index (χ3n) is 0.993. The van der Waals surface area contributed by atoms with Gasteiger partial charge in [0.15, 0.2) is 0 Å². The van der Waals surface area contributed by atoms with Gasteiger partial charge in [0.1, 0.15) is 0 Å². The zero-order chi connectivity index (χ0) is 6.78. The number of hydrogen-bond donors (Lipinski definition) is 3. The van der Waals surface area contributed by atoms with E-state index in [9.17, 15) is 0 Å². The highest BCUT2D eigenvalue weighted by molar-refractivity contribution is 4.50. The van der Waals surface area contributed by atoms with E-state index in [0.29, 0.717) is 5.06 Å². The molecule has 50 valence electrons. The van der Waals surface area contributed by atoms with Crippen molar-refractivity contribution in [3.8, 4) is 0 Å². The molecule has 0 aliphatic carbocycles. The van der Waals surface area contributed by atoms with E-state index < -0.39 is 5.91 Å². The van der Waals surface area contributed by atoms with Gasteiger partial charge in [0.05, 0.1) is 0 Å². The molecule has 0 atom stereocenters. The lowest BCUT2D eigenvalue weighted by atomic mass is 10.4. The van der Waals surface area contributed by atoms with Crippen LogP contribution in [0.15, 0.2) is 0 Å². The van der Waals surface area contributed by atoms with Gasteiger partial charge in [-0.3, -0.25) is 0 Å². The molecule has 0 amide bonds. The molecule has 0 aromatic heterocycles. The van der Waals surface area contributed by atoms with Crippen LogP contribution in [-0.4, -0.2) is 33.4 Å². The van der Waals surface area contributed by atoms with Crippen LogP contribution in [0, 0.1) is 0 Å². The summed E-state index contributed by atoms with van der Waals surface area (Å²) in [6, 6.07) is 0. The molecule has 3 N–H and O–H groups in total. The third-order valence-corrected chi connectivity index (χ3v) is 0.993. The van der Waals surface area contributed by atoms with Gasteiger partial charge in [0.25, 0.3) is 0 Å². The Labute approximate surface area is 47.9 Å². The van der Waals surface area contributed by atoms with Crippen LogP contribution < -0.4 is 0 Å². The highest BCUT2D eigenvalue weighted by Crippen LogP contribution is 2.05. The number of nitrogens with zero attached hydrogens (tertiary/aromatic N) is 1. The summed E-state index contributed by atoms with van der Waals surface area (Å²) in [5, 5.41) is 26.0. The van der Waals surface area contributed by atoms with Crippen LogP contribution in [0.5, 0.6) is 0 Å². The largest absolute Gasteiger partial charge is 0.352 e. The molecular formula is C4H11NO3. The smallest absolute Gasteiger partial charge is 0.246 e. The molecule has 0 spiro atoms. The van der Waals surface area contributed by atoms with Crippen LogP contribution in [0.3, 0.4) is 0 Å². The predicted molar refractivity (Wildman–Crippen MR) is 27.0 cm³/mol. The fourth-order valence-electron chi connectivity index (χ4n) is 0.229. The second kappa shape index (κ2) is 2.41. The number of aliphatic hydroxyl groups is 2. The van der Waals surface area contributed by atoms with Gasteiger partial charge in [0, 0.05) is 13.5 Å². The van der Waals surface area contributed by atoms with Crippen LogP contribution >= 0.6 is 0 Å². The van der Waals surface area contributed by atoms with E-state index in [0.717, 1.165) is 0 Å². The molecule has 4 nitrogen and oxygen atoms in total. The fraction of sp³-hybridized carbons (Fsp3) is 1.00. The lowest BCUT2D eigenvalue weighted by molar-refractivity contribution is -0.351. The van der Waals surface area contributed by atoms with Gasteiger partial charge in [-0.05, 0) is 0 Å². The molecule has 0 saturated carbocycles. The monoisotopic (exact) mass is 121 g/mol. The molecule has 0 unspecified atom stereocenters. The van der Waals surface area contributed by atoms with Crippen LogP contribution in [0.25, 0.3) is 0 Å². The average Bonchev–Trinajstić information content (AvgIpc) is 1.67. The minimum atomic E-state index is -2.07. The highest BCUT2D eigenvalue weighted by Gasteiger charge is 2.24. The summed E-state index contributed by atoms with van der Waals surface area (Å²) in [6.45, 7) is 1.55. The van der Waals surface area contributed by atoms with Gasteiger partial charge in [-0.25, -0.2) is 0 Å². The molecular weight excluding hydrogens is 110 g/mol. The van der Waals surface area contributed by atoms with Crippen molar-refractivity contribution in [3.05, 3.63) is 0 Å². The first kappa shape index (κ1) is 7.84. The zero-order valence-electron chi connectivity index (χ0n) is 5.00. The Morgan fingerprint density at radius 2 is 1.88 bits per heavy atom. The maximum absolute atomic E-state index is 8.63. The molecule has 0 aromatic carbocycles. The first-order valence-corrected chi connectivity index (χ1v) is 2.38. The van der Waals surface area contributed by atoms with Gasteiger partial charge in [0.2, 0.25) is 5.91 Å². The van der Waals surface area contributed by atoms with Crippen LogP contribution in [0.1, 0.15) is 13.3 Å². The van der Waals surface area contributed by atoms with Crippen molar-refractivity contribution in [1.82, 2.24) is 5.06 Å². The normalized spacial score (nSPS) is 12.8. The molecule has 0 aliphatic heterocycles. The Morgan fingerprint density at radius 1 is 1.50 bits per heavy atom. The summed E-state index contributed by atoms with van der Waals surface area (Å²) in [5.41, 5.74) is 0.